The summed E-state index contributed by atoms with van der Waals surface area (Å²) < 4.78 is 15.8. The first-order chi connectivity index (χ1) is 14.3. The van der Waals surface area contributed by atoms with Crippen molar-refractivity contribution in [2.24, 2.45) is 0 Å². The van der Waals surface area contributed by atoms with Gasteiger partial charge in [-0.15, -0.1) is 0 Å². The van der Waals surface area contributed by atoms with Crippen LogP contribution in [-0.4, -0.2) is 20.8 Å². The fraction of sp³-hybridized carbons (Fsp3) is 0.0952. The summed E-state index contributed by atoms with van der Waals surface area (Å²) in [5, 5.41) is 8.42. The Morgan fingerprint density at radius 2 is 1.87 bits per heavy atom. The summed E-state index contributed by atoms with van der Waals surface area (Å²) in [6.07, 6.45) is 1.58. The number of thiocarbonyl (C=S) groups is 1. The summed E-state index contributed by atoms with van der Waals surface area (Å²) in [7, 11) is 0. The first-order valence-corrected chi connectivity index (χ1v) is 10.1. The second kappa shape index (κ2) is 8.18. The second-order valence-electron chi connectivity index (χ2n) is 6.65. The molecular weight excluding hydrogens is 446 g/mol. The van der Waals surface area contributed by atoms with Gasteiger partial charge in [-0.25, -0.2) is 14.0 Å². The summed E-state index contributed by atoms with van der Waals surface area (Å²) in [6.45, 7) is 2.24. The van der Waals surface area contributed by atoms with E-state index >= 15 is 0 Å². The number of halogens is 3. The Morgan fingerprint density at radius 3 is 2.57 bits per heavy atom. The molecule has 1 aliphatic heterocycles. The number of benzene rings is 2. The van der Waals surface area contributed by atoms with E-state index in [1.54, 1.807) is 41.9 Å². The van der Waals surface area contributed by atoms with Gasteiger partial charge >= 0.3 is 0 Å². The first kappa shape index (κ1) is 20.5. The Morgan fingerprint density at radius 1 is 1.17 bits per heavy atom. The molecule has 1 N–H and O–H groups in total. The SMILES string of the molecule is Cc1nn(Cc2ccc(Cl)cc2)c(Cl)c1/C=C1\NC(=S)N(c2ccccc2F)C1=O. The number of hydrogen-bond acceptors (Lipinski definition) is 3. The molecule has 0 bridgehead atoms. The lowest BCUT2D eigenvalue weighted by Crippen LogP contribution is -2.31. The summed E-state index contributed by atoms with van der Waals surface area (Å²) in [4.78, 5) is 14.0. The average Bonchev–Trinajstić information content (AvgIpc) is 3.14. The molecule has 4 rings (SSSR count). The van der Waals surface area contributed by atoms with Crippen LogP contribution in [0.5, 0.6) is 0 Å². The highest BCUT2D eigenvalue weighted by Gasteiger charge is 2.34. The minimum atomic E-state index is -0.541. The van der Waals surface area contributed by atoms with Gasteiger partial charge in [-0.1, -0.05) is 47.5 Å². The normalized spacial score (nSPS) is 15.2. The molecular formula is C21H15Cl2FN4OS. The van der Waals surface area contributed by atoms with E-state index in [1.807, 2.05) is 12.1 Å². The van der Waals surface area contributed by atoms with Gasteiger partial charge in [0.25, 0.3) is 5.91 Å². The van der Waals surface area contributed by atoms with Crippen molar-refractivity contribution in [2.75, 3.05) is 4.90 Å². The van der Waals surface area contributed by atoms with Crippen LogP contribution in [0, 0.1) is 12.7 Å². The highest BCUT2D eigenvalue weighted by Crippen LogP contribution is 2.28. The second-order valence-corrected chi connectivity index (χ2v) is 7.84. The molecule has 2 aromatic carbocycles. The topological polar surface area (TPSA) is 50.2 Å². The van der Waals surface area contributed by atoms with Crippen LogP contribution >= 0.6 is 35.4 Å². The lowest BCUT2D eigenvalue weighted by molar-refractivity contribution is -0.113. The third-order valence-electron chi connectivity index (χ3n) is 4.62. The molecule has 152 valence electrons. The van der Waals surface area contributed by atoms with Crippen molar-refractivity contribution < 1.29 is 9.18 Å². The van der Waals surface area contributed by atoms with Crippen LogP contribution in [0.15, 0.2) is 54.2 Å². The largest absolute Gasteiger partial charge is 0.327 e. The standard InChI is InChI=1S/C21H15Cl2FN4OS/c1-12-15(19(23)27(26-12)11-13-6-8-14(22)9-7-13)10-17-20(29)28(21(30)25-17)18-5-3-2-4-16(18)24/h2-10H,11H2,1H3,(H,25,30)/b17-10-. The van der Waals surface area contributed by atoms with Crippen molar-refractivity contribution >= 4 is 58.2 Å². The quantitative estimate of drug-likeness (QED) is 0.442. The van der Waals surface area contributed by atoms with Gasteiger partial charge in [0.05, 0.1) is 17.9 Å². The zero-order chi connectivity index (χ0) is 21.4. The third kappa shape index (κ3) is 3.84. The minimum Gasteiger partial charge on any atom is -0.327 e. The van der Waals surface area contributed by atoms with E-state index in [0.717, 1.165) is 10.5 Å². The molecule has 0 atom stereocenters. The van der Waals surface area contributed by atoms with E-state index in [9.17, 15) is 9.18 Å². The molecule has 0 radical (unpaired) electrons. The fourth-order valence-corrected chi connectivity index (χ4v) is 3.84. The number of carbonyl (C=O) groups excluding carboxylic acids is 1. The van der Waals surface area contributed by atoms with Crippen LogP contribution in [-0.2, 0) is 11.3 Å². The molecule has 0 saturated carbocycles. The molecule has 1 aliphatic rings. The molecule has 1 saturated heterocycles. The number of carbonyl (C=O) groups is 1. The Labute approximate surface area is 187 Å². The van der Waals surface area contributed by atoms with Gasteiger partial charge in [0.1, 0.15) is 16.7 Å². The van der Waals surface area contributed by atoms with Crippen molar-refractivity contribution in [3.63, 3.8) is 0 Å². The molecule has 2 heterocycles. The van der Waals surface area contributed by atoms with Gasteiger partial charge in [0.15, 0.2) is 5.11 Å². The van der Waals surface area contributed by atoms with Gasteiger partial charge in [-0.3, -0.25) is 4.79 Å². The van der Waals surface area contributed by atoms with Crippen LogP contribution in [0.2, 0.25) is 10.2 Å². The van der Waals surface area contributed by atoms with E-state index in [1.165, 1.54) is 12.1 Å². The third-order valence-corrected chi connectivity index (χ3v) is 5.55. The van der Waals surface area contributed by atoms with Crippen molar-refractivity contribution in [1.82, 2.24) is 15.1 Å². The molecule has 0 aliphatic carbocycles. The zero-order valence-corrected chi connectivity index (χ0v) is 18.0. The van der Waals surface area contributed by atoms with Crippen molar-refractivity contribution in [1.29, 1.82) is 0 Å². The van der Waals surface area contributed by atoms with Crippen LogP contribution < -0.4 is 10.2 Å². The van der Waals surface area contributed by atoms with E-state index in [4.69, 9.17) is 35.4 Å². The van der Waals surface area contributed by atoms with Gasteiger partial charge in [-0.05, 0) is 55.0 Å². The van der Waals surface area contributed by atoms with E-state index in [0.29, 0.717) is 28.0 Å². The molecule has 1 aromatic heterocycles. The Hall–Kier alpha value is -2.74. The smallest absolute Gasteiger partial charge is 0.281 e. The minimum absolute atomic E-state index is 0.0876. The first-order valence-electron chi connectivity index (χ1n) is 8.94. The van der Waals surface area contributed by atoms with Crippen molar-refractivity contribution in [2.45, 2.75) is 13.5 Å². The highest BCUT2D eigenvalue weighted by molar-refractivity contribution is 7.80. The number of aryl methyl sites for hydroxylation is 1. The Bertz CT molecular complexity index is 1190. The predicted molar refractivity (Wildman–Crippen MR) is 120 cm³/mol. The van der Waals surface area contributed by atoms with Gasteiger partial charge in [-0.2, -0.15) is 5.10 Å². The lowest BCUT2D eigenvalue weighted by Gasteiger charge is -2.14. The molecule has 3 aromatic rings. The van der Waals surface area contributed by atoms with Crippen molar-refractivity contribution in [3.05, 3.63) is 87.0 Å². The molecule has 0 spiro atoms. The van der Waals surface area contributed by atoms with Gasteiger partial charge in [0, 0.05) is 10.6 Å². The number of nitrogens with zero attached hydrogens (tertiary/aromatic N) is 3. The van der Waals surface area contributed by atoms with Crippen LogP contribution in [0.4, 0.5) is 10.1 Å². The maximum absolute atomic E-state index is 14.2. The molecule has 0 unspecified atom stereocenters. The maximum atomic E-state index is 14.2. The summed E-state index contributed by atoms with van der Waals surface area (Å²) in [5.41, 5.74) is 2.49. The van der Waals surface area contributed by atoms with Crippen LogP contribution in [0.1, 0.15) is 16.8 Å². The van der Waals surface area contributed by atoms with E-state index < -0.39 is 11.7 Å². The predicted octanol–water partition coefficient (Wildman–Crippen LogP) is 4.95. The van der Waals surface area contributed by atoms with E-state index in [2.05, 4.69) is 10.4 Å². The van der Waals surface area contributed by atoms with Crippen LogP contribution in [0.3, 0.4) is 0 Å². The highest BCUT2D eigenvalue weighted by atomic mass is 35.5. The summed E-state index contributed by atoms with van der Waals surface area (Å²) in [6, 6.07) is 13.3. The number of amides is 1. The number of nitrogens with one attached hydrogen (secondary N) is 1. The summed E-state index contributed by atoms with van der Waals surface area (Å²) in [5.74, 6) is -1.01. The Kier molecular flexibility index (Phi) is 5.60. The zero-order valence-electron chi connectivity index (χ0n) is 15.7. The summed E-state index contributed by atoms with van der Waals surface area (Å²) >= 11 is 17.7. The molecule has 5 nitrogen and oxygen atoms in total. The van der Waals surface area contributed by atoms with Gasteiger partial charge in [0.2, 0.25) is 0 Å². The monoisotopic (exact) mass is 460 g/mol. The van der Waals surface area contributed by atoms with Crippen LogP contribution in [0.25, 0.3) is 6.08 Å². The number of para-hydroxylation sites is 1. The number of rotatable bonds is 4. The van der Waals surface area contributed by atoms with Gasteiger partial charge < -0.3 is 5.32 Å². The number of anilines is 1. The number of hydrogen-bond donors (Lipinski definition) is 1. The molecule has 9 heteroatoms. The fourth-order valence-electron chi connectivity index (χ4n) is 3.13. The molecule has 1 fully saturated rings. The number of aromatic nitrogens is 2. The average molecular weight is 461 g/mol. The lowest BCUT2D eigenvalue weighted by atomic mass is 10.2. The maximum Gasteiger partial charge on any atom is 0.281 e. The van der Waals surface area contributed by atoms with Crippen molar-refractivity contribution in [3.8, 4) is 0 Å². The molecule has 30 heavy (non-hydrogen) atoms. The Balaban J connectivity index is 1.64. The molecule has 1 amide bonds. The van der Waals surface area contributed by atoms with E-state index in [-0.39, 0.29) is 16.5 Å².